The second kappa shape index (κ2) is 5.74. The number of hydrogen-bond acceptors (Lipinski definition) is 3. The topological polar surface area (TPSA) is 63.2 Å². The predicted octanol–water partition coefficient (Wildman–Crippen LogP) is 3.33. The fraction of sp³-hybridized carbons (Fsp3) is 0.462. The molecule has 0 saturated heterocycles. The Hall–Kier alpha value is -0.850. The van der Waals surface area contributed by atoms with Gasteiger partial charge in [-0.2, -0.15) is 0 Å². The van der Waals surface area contributed by atoms with E-state index >= 15 is 0 Å². The Morgan fingerprint density at radius 2 is 2.05 bits per heavy atom. The van der Waals surface area contributed by atoms with Gasteiger partial charge in [-0.15, -0.1) is 0 Å². The summed E-state index contributed by atoms with van der Waals surface area (Å²) in [5.74, 6) is -1.56. The molecule has 0 aromatic heterocycles. The van der Waals surface area contributed by atoms with E-state index in [1.54, 1.807) is 0 Å². The van der Waals surface area contributed by atoms with Crippen LogP contribution < -0.4 is 5.32 Å². The van der Waals surface area contributed by atoms with Crippen LogP contribution in [0, 0.1) is 11.2 Å². The van der Waals surface area contributed by atoms with E-state index < -0.39 is 25.7 Å². The Morgan fingerprint density at radius 3 is 2.52 bits per heavy atom. The van der Waals surface area contributed by atoms with Gasteiger partial charge in [0.2, 0.25) is 0 Å². The predicted molar refractivity (Wildman–Crippen MR) is 78.7 cm³/mol. The van der Waals surface area contributed by atoms with Crippen molar-refractivity contribution in [1.82, 2.24) is 5.32 Å². The van der Waals surface area contributed by atoms with Crippen molar-refractivity contribution < 1.29 is 17.6 Å². The Balaban J connectivity index is 2.24. The van der Waals surface area contributed by atoms with Gasteiger partial charge < -0.3 is 5.32 Å². The van der Waals surface area contributed by atoms with Crippen LogP contribution in [-0.2, 0) is 9.05 Å². The van der Waals surface area contributed by atoms with E-state index in [9.17, 15) is 17.6 Å². The molecule has 0 atom stereocenters. The first-order valence-corrected chi connectivity index (χ1v) is 9.09. The van der Waals surface area contributed by atoms with E-state index in [2.05, 4.69) is 5.32 Å². The lowest BCUT2D eigenvalue weighted by atomic mass is 10.0. The Labute approximate surface area is 132 Å². The summed E-state index contributed by atoms with van der Waals surface area (Å²) in [4.78, 5) is 11.5. The molecule has 1 fully saturated rings. The van der Waals surface area contributed by atoms with Gasteiger partial charge in [0.25, 0.3) is 15.0 Å². The second-order valence-corrected chi connectivity index (χ2v) is 8.18. The molecule has 21 heavy (non-hydrogen) atoms. The molecule has 0 aliphatic heterocycles. The van der Waals surface area contributed by atoms with Crippen LogP contribution in [0.5, 0.6) is 0 Å². The van der Waals surface area contributed by atoms with Gasteiger partial charge in [-0.05, 0) is 36.8 Å². The zero-order chi connectivity index (χ0) is 15.8. The molecule has 0 radical (unpaired) electrons. The van der Waals surface area contributed by atoms with Crippen molar-refractivity contribution in [3.05, 3.63) is 28.5 Å². The van der Waals surface area contributed by atoms with E-state index in [4.69, 9.17) is 22.3 Å². The van der Waals surface area contributed by atoms with E-state index in [0.717, 1.165) is 31.4 Å². The molecule has 0 bridgehead atoms. The van der Waals surface area contributed by atoms with Crippen molar-refractivity contribution in [2.75, 3.05) is 6.54 Å². The van der Waals surface area contributed by atoms with Gasteiger partial charge in [-0.3, -0.25) is 4.79 Å². The molecule has 2 rings (SSSR count). The third kappa shape index (κ3) is 3.67. The van der Waals surface area contributed by atoms with Crippen LogP contribution in [0.1, 0.15) is 36.5 Å². The Kier molecular flexibility index (Phi) is 4.52. The fourth-order valence-electron chi connectivity index (χ4n) is 2.09. The molecule has 4 nitrogen and oxygen atoms in total. The van der Waals surface area contributed by atoms with Gasteiger partial charge in [0.1, 0.15) is 10.7 Å². The zero-order valence-corrected chi connectivity index (χ0v) is 13.6. The maximum atomic E-state index is 13.8. The number of nitrogens with one attached hydrogen (secondary N) is 1. The molecule has 0 unspecified atom stereocenters. The first-order chi connectivity index (χ1) is 9.68. The van der Waals surface area contributed by atoms with Crippen molar-refractivity contribution in [3.8, 4) is 0 Å². The lowest BCUT2D eigenvalue weighted by molar-refractivity contribution is 0.0940. The van der Waals surface area contributed by atoms with Gasteiger partial charge in [-0.25, -0.2) is 12.8 Å². The minimum absolute atomic E-state index is 0.0972. The molecule has 1 aromatic rings. The number of carbonyl (C=O) groups excluding carboxylic acids is 1. The molecule has 1 aliphatic rings. The number of halogens is 3. The lowest BCUT2D eigenvalue weighted by Crippen LogP contribution is -2.30. The van der Waals surface area contributed by atoms with Gasteiger partial charge in [0.05, 0.1) is 10.6 Å². The maximum Gasteiger partial charge on any atom is 0.262 e. The highest BCUT2D eigenvalue weighted by atomic mass is 35.7. The number of amides is 1. The Bertz CT molecular complexity index is 687. The monoisotopic (exact) mass is 353 g/mol. The molecule has 116 valence electrons. The summed E-state index contributed by atoms with van der Waals surface area (Å²) in [6.45, 7) is 2.47. The van der Waals surface area contributed by atoms with Crippen LogP contribution in [0.3, 0.4) is 0 Å². The molecule has 8 heteroatoms. The van der Waals surface area contributed by atoms with Gasteiger partial charge in [0.15, 0.2) is 0 Å². The van der Waals surface area contributed by atoms with Crippen molar-refractivity contribution in [3.63, 3.8) is 0 Å². The van der Waals surface area contributed by atoms with Crippen molar-refractivity contribution in [2.24, 2.45) is 5.41 Å². The highest BCUT2D eigenvalue weighted by Gasteiger charge is 2.40. The zero-order valence-electron chi connectivity index (χ0n) is 11.3. The van der Waals surface area contributed by atoms with E-state index in [-0.39, 0.29) is 16.0 Å². The van der Waals surface area contributed by atoms with Crippen LogP contribution in [-0.4, -0.2) is 20.9 Å². The van der Waals surface area contributed by atoms with Crippen LogP contribution >= 0.6 is 22.3 Å². The highest BCUT2D eigenvalue weighted by molar-refractivity contribution is 8.13. The van der Waals surface area contributed by atoms with Crippen molar-refractivity contribution >= 4 is 37.2 Å². The summed E-state index contributed by atoms with van der Waals surface area (Å²) in [7, 11) is 1.06. The normalized spacial score (nSPS) is 16.6. The largest absolute Gasteiger partial charge is 0.351 e. The fourth-order valence-corrected chi connectivity index (χ4v) is 3.59. The smallest absolute Gasteiger partial charge is 0.262 e. The van der Waals surface area contributed by atoms with Crippen molar-refractivity contribution in [1.29, 1.82) is 0 Å². The first kappa shape index (κ1) is 16.5. The average Bonchev–Trinajstić information content (AvgIpc) is 3.15. The number of benzene rings is 1. The second-order valence-electron chi connectivity index (χ2n) is 5.24. The minimum Gasteiger partial charge on any atom is -0.351 e. The van der Waals surface area contributed by atoms with Gasteiger partial charge in [-0.1, -0.05) is 18.5 Å². The summed E-state index contributed by atoms with van der Waals surface area (Å²) in [6.07, 6.45) is 2.97. The van der Waals surface area contributed by atoms with Gasteiger partial charge in [0, 0.05) is 17.2 Å². The summed E-state index contributed by atoms with van der Waals surface area (Å²) < 4.78 is 36.5. The molecule has 1 aromatic carbocycles. The van der Waals surface area contributed by atoms with Crippen LogP contribution in [0.2, 0.25) is 5.02 Å². The number of rotatable bonds is 5. The standard InChI is InChI=1S/C13H14Cl2FNO3S/c1-2-13(3-4-13)7-17-12(18)8-5-11(21(15,19)20)9(14)6-10(8)16/h5-6H,2-4,7H2,1H3,(H,17,18). The molecule has 1 N–H and O–H groups in total. The molecule has 1 aliphatic carbocycles. The average molecular weight is 354 g/mol. The number of carbonyl (C=O) groups is 1. The summed E-state index contributed by atoms with van der Waals surface area (Å²) in [6, 6.07) is 1.64. The van der Waals surface area contributed by atoms with Gasteiger partial charge >= 0.3 is 0 Å². The first-order valence-electron chi connectivity index (χ1n) is 6.40. The third-order valence-corrected chi connectivity index (χ3v) is 5.65. The van der Waals surface area contributed by atoms with Crippen LogP contribution in [0.4, 0.5) is 4.39 Å². The molecule has 0 heterocycles. The number of hydrogen-bond donors (Lipinski definition) is 1. The third-order valence-electron chi connectivity index (χ3n) is 3.86. The SMILES string of the molecule is CCC1(CNC(=O)c2cc(S(=O)(=O)Cl)c(Cl)cc2F)CC1. The Morgan fingerprint density at radius 1 is 1.43 bits per heavy atom. The summed E-state index contributed by atoms with van der Waals surface area (Å²) >= 11 is 5.64. The quantitative estimate of drug-likeness (QED) is 0.825. The molecular weight excluding hydrogens is 340 g/mol. The van der Waals surface area contributed by atoms with E-state index in [1.165, 1.54) is 0 Å². The molecule has 0 spiro atoms. The highest BCUT2D eigenvalue weighted by Crippen LogP contribution is 2.47. The molecule has 1 amide bonds. The van der Waals surface area contributed by atoms with Crippen LogP contribution in [0.15, 0.2) is 17.0 Å². The van der Waals surface area contributed by atoms with E-state index in [1.807, 2.05) is 6.92 Å². The van der Waals surface area contributed by atoms with E-state index in [0.29, 0.717) is 6.54 Å². The molecule has 1 saturated carbocycles. The molecular formula is C13H14Cl2FNO3S. The summed E-state index contributed by atoms with van der Waals surface area (Å²) in [5, 5.41) is 2.28. The van der Waals surface area contributed by atoms with Crippen LogP contribution in [0.25, 0.3) is 0 Å². The summed E-state index contributed by atoms with van der Waals surface area (Å²) in [5.41, 5.74) is -0.287. The van der Waals surface area contributed by atoms with Crippen molar-refractivity contribution in [2.45, 2.75) is 31.1 Å². The maximum absolute atomic E-state index is 13.8. The minimum atomic E-state index is -4.15. The lowest BCUT2D eigenvalue weighted by Gasteiger charge is -2.14.